The van der Waals surface area contributed by atoms with Gasteiger partial charge in [0, 0.05) is 24.8 Å². The second-order valence-corrected chi connectivity index (χ2v) is 6.17. The van der Waals surface area contributed by atoms with Crippen LogP contribution < -0.4 is 10.1 Å². The van der Waals surface area contributed by atoms with E-state index in [1.807, 2.05) is 41.9 Å². The van der Waals surface area contributed by atoms with Gasteiger partial charge in [-0.15, -0.1) is 5.10 Å². The highest BCUT2D eigenvalue weighted by Gasteiger charge is 2.22. The summed E-state index contributed by atoms with van der Waals surface area (Å²) in [5, 5.41) is 7.90. The number of fused-ring (bicyclic) bond motifs is 1. The number of hydrogen-bond acceptors (Lipinski definition) is 6. The fraction of sp³-hybridized carbons (Fsp3) is 0.389. The van der Waals surface area contributed by atoms with E-state index in [4.69, 9.17) is 14.5 Å². The highest BCUT2D eigenvalue weighted by molar-refractivity contribution is 5.56. The minimum absolute atomic E-state index is 0.374. The summed E-state index contributed by atoms with van der Waals surface area (Å²) in [7, 11) is 1.65. The van der Waals surface area contributed by atoms with E-state index >= 15 is 0 Å². The minimum Gasteiger partial charge on any atom is -0.497 e. The van der Waals surface area contributed by atoms with Gasteiger partial charge in [-0.05, 0) is 44.0 Å². The summed E-state index contributed by atoms with van der Waals surface area (Å²) in [4.78, 5) is 9.17. The molecule has 0 spiro atoms. The van der Waals surface area contributed by atoms with Crippen molar-refractivity contribution in [3.05, 3.63) is 42.0 Å². The molecule has 3 heterocycles. The number of methoxy groups -OCH3 is 1. The Hall–Kier alpha value is -2.67. The Morgan fingerprint density at radius 3 is 2.68 bits per heavy atom. The van der Waals surface area contributed by atoms with Crippen LogP contribution in [-0.2, 0) is 4.74 Å². The zero-order chi connectivity index (χ0) is 17.2. The van der Waals surface area contributed by atoms with Crippen molar-refractivity contribution in [3.63, 3.8) is 0 Å². The molecule has 4 rings (SSSR count). The molecule has 0 aliphatic carbocycles. The monoisotopic (exact) mass is 339 g/mol. The van der Waals surface area contributed by atoms with Crippen molar-refractivity contribution in [1.82, 2.24) is 19.6 Å². The zero-order valence-corrected chi connectivity index (χ0v) is 14.4. The first-order valence-corrected chi connectivity index (χ1v) is 8.45. The third-order valence-corrected chi connectivity index (χ3v) is 4.53. The minimum atomic E-state index is 0.374. The Labute approximate surface area is 146 Å². The first-order chi connectivity index (χ1) is 12.2. The van der Waals surface area contributed by atoms with Crippen molar-refractivity contribution in [2.75, 3.05) is 25.6 Å². The van der Waals surface area contributed by atoms with Crippen molar-refractivity contribution in [3.8, 4) is 5.75 Å². The van der Waals surface area contributed by atoms with Gasteiger partial charge in [-0.2, -0.15) is 0 Å². The molecule has 2 aromatic heterocycles. The second kappa shape index (κ2) is 6.68. The van der Waals surface area contributed by atoms with Gasteiger partial charge in [0.2, 0.25) is 5.95 Å². The predicted molar refractivity (Wildman–Crippen MR) is 94.6 cm³/mol. The van der Waals surface area contributed by atoms with Crippen LogP contribution in [0.25, 0.3) is 5.52 Å². The summed E-state index contributed by atoms with van der Waals surface area (Å²) >= 11 is 0. The normalized spacial score (nSPS) is 15.4. The summed E-state index contributed by atoms with van der Waals surface area (Å²) in [6.45, 7) is 3.55. The molecule has 1 saturated heterocycles. The zero-order valence-electron chi connectivity index (χ0n) is 14.4. The summed E-state index contributed by atoms with van der Waals surface area (Å²) in [6, 6.07) is 7.67. The SMILES string of the molecule is COc1ccc(Nc2ncc3c(C)nc(C4CCOCC4)n3n2)cc1. The first-order valence-electron chi connectivity index (χ1n) is 8.45. The van der Waals surface area contributed by atoms with Crippen LogP contribution in [0.4, 0.5) is 11.6 Å². The van der Waals surface area contributed by atoms with Crippen molar-refractivity contribution in [2.45, 2.75) is 25.7 Å². The van der Waals surface area contributed by atoms with Gasteiger partial charge in [-0.25, -0.2) is 14.5 Å². The van der Waals surface area contributed by atoms with Gasteiger partial charge in [-0.3, -0.25) is 0 Å². The summed E-state index contributed by atoms with van der Waals surface area (Å²) in [6.07, 6.45) is 3.78. The lowest BCUT2D eigenvalue weighted by Crippen LogP contribution is -2.17. The Balaban J connectivity index is 1.65. The number of hydrogen-bond donors (Lipinski definition) is 1. The Morgan fingerprint density at radius 1 is 1.20 bits per heavy atom. The van der Waals surface area contributed by atoms with E-state index in [1.165, 1.54) is 0 Å². The topological polar surface area (TPSA) is 73.6 Å². The molecule has 0 amide bonds. The number of nitrogens with one attached hydrogen (secondary N) is 1. The number of imidazole rings is 1. The Kier molecular flexibility index (Phi) is 4.23. The van der Waals surface area contributed by atoms with Gasteiger partial charge in [0.05, 0.1) is 19.0 Å². The molecule has 25 heavy (non-hydrogen) atoms. The van der Waals surface area contributed by atoms with Crippen LogP contribution in [0.1, 0.15) is 30.3 Å². The van der Waals surface area contributed by atoms with E-state index in [2.05, 4.69) is 15.4 Å². The largest absolute Gasteiger partial charge is 0.497 e. The van der Waals surface area contributed by atoms with E-state index in [1.54, 1.807) is 7.11 Å². The smallest absolute Gasteiger partial charge is 0.245 e. The Morgan fingerprint density at radius 2 is 1.96 bits per heavy atom. The van der Waals surface area contributed by atoms with E-state index in [-0.39, 0.29) is 0 Å². The van der Waals surface area contributed by atoms with Crippen molar-refractivity contribution < 1.29 is 9.47 Å². The molecule has 3 aromatic rings. The second-order valence-electron chi connectivity index (χ2n) is 6.17. The summed E-state index contributed by atoms with van der Waals surface area (Å²) < 4.78 is 12.6. The number of anilines is 2. The number of aryl methyl sites for hydroxylation is 1. The number of benzene rings is 1. The molecule has 130 valence electrons. The average Bonchev–Trinajstić information content (AvgIpc) is 2.99. The maximum atomic E-state index is 5.47. The van der Waals surface area contributed by atoms with Crippen molar-refractivity contribution in [2.24, 2.45) is 0 Å². The molecule has 1 fully saturated rings. The van der Waals surface area contributed by atoms with Gasteiger partial charge in [0.25, 0.3) is 0 Å². The Bertz CT molecular complexity index is 869. The molecule has 0 saturated carbocycles. The fourth-order valence-electron chi connectivity index (χ4n) is 3.13. The standard InChI is InChI=1S/C18H21N5O2/c1-12-16-11-19-18(21-14-3-5-15(24-2)6-4-14)22-23(16)17(20-12)13-7-9-25-10-8-13/h3-6,11,13H,7-10H2,1-2H3,(H,21,22). The average molecular weight is 339 g/mol. The number of aromatic nitrogens is 4. The summed E-state index contributed by atoms with van der Waals surface area (Å²) in [5.74, 6) is 2.73. The van der Waals surface area contributed by atoms with Crippen LogP contribution in [0, 0.1) is 6.92 Å². The molecule has 0 radical (unpaired) electrons. The molecule has 0 unspecified atom stereocenters. The number of rotatable bonds is 4. The molecule has 0 atom stereocenters. The maximum Gasteiger partial charge on any atom is 0.245 e. The molecular formula is C18H21N5O2. The van der Waals surface area contributed by atoms with Crippen molar-refractivity contribution >= 4 is 17.2 Å². The number of ether oxygens (including phenoxy) is 2. The lowest BCUT2D eigenvalue weighted by Gasteiger charge is -2.20. The van der Waals surface area contributed by atoms with Gasteiger partial charge >= 0.3 is 0 Å². The van der Waals surface area contributed by atoms with Gasteiger partial charge in [-0.1, -0.05) is 0 Å². The van der Waals surface area contributed by atoms with E-state index < -0.39 is 0 Å². The van der Waals surface area contributed by atoms with Gasteiger partial charge in [0.1, 0.15) is 17.1 Å². The quantitative estimate of drug-likeness (QED) is 0.787. The molecule has 7 nitrogen and oxygen atoms in total. The van der Waals surface area contributed by atoms with E-state index in [0.717, 1.165) is 54.5 Å². The summed E-state index contributed by atoms with van der Waals surface area (Å²) in [5.41, 5.74) is 2.81. The lowest BCUT2D eigenvalue weighted by molar-refractivity contribution is 0.0832. The van der Waals surface area contributed by atoms with Crippen LogP contribution in [-0.4, -0.2) is 39.9 Å². The predicted octanol–water partition coefficient (Wildman–Crippen LogP) is 3.08. The molecule has 1 N–H and O–H groups in total. The molecule has 0 bridgehead atoms. The highest BCUT2D eigenvalue weighted by Crippen LogP contribution is 2.28. The van der Waals surface area contributed by atoms with Crippen LogP contribution in [0.2, 0.25) is 0 Å². The van der Waals surface area contributed by atoms with Crippen LogP contribution in [0.15, 0.2) is 30.5 Å². The lowest BCUT2D eigenvalue weighted by atomic mass is 10.00. The molecule has 1 aliphatic heterocycles. The van der Waals surface area contributed by atoms with Crippen LogP contribution in [0.5, 0.6) is 5.75 Å². The van der Waals surface area contributed by atoms with Gasteiger partial charge in [0.15, 0.2) is 0 Å². The number of nitrogens with zero attached hydrogens (tertiary/aromatic N) is 4. The van der Waals surface area contributed by atoms with E-state index in [9.17, 15) is 0 Å². The third-order valence-electron chi connectivity index (χ3n) is 4.53. The molecule has 1 aliphatic rings. The van der Waals surface area contributed by atoms with Crippen LogP contribution in [0.3, 0.4) is 0 Å². The van der Waals surface area contributed by atoms with E-state index in [0.29, 0.717) is 11.9 Å². The third kappa shape index (κ3) is 3.15. The highest BCUT2D eigenvalue weighted by atomic mass is 16.5. The first kappa shape index (κ1) is 15.8. The van der Waals surface area contributed by atoms with Crippen molar-refractivity contribution in [1.29, 1.82) is 0 Å². The van der Waals surface area contributed by atoms with Crippen LogP contribution >= 0.6 is 0 Å². The maximum absolute atomic E-state index is 5.47. The molecule has 1 aromatic carbocycles. The fourth-order valence-corrected chi connectivity index (χ4v) is 3.13. The molecular weight excluding hydrogens is 318 g/mol. The van der Waals surface area contributed by atoms with Gasteiger partial charge < -0.3 is 14.8 Å². The molecule has 7 heteroatoms.